The zero-order valence-corrected chi connectivity index (χ0v) is 18.6. The molecule has 0 heterocycles. The van der Waals surface area contributed by atoms with Crippen molar-refractivity contribution in [3.05, 3.63) is 12.7 Å². The van der Waals surface area contributed by atoms with E-state index in [1.165, 1.54) is 103 Å². The molecule has 2 heteroatoms. The van der Waals surface area contributed by atoms with Crippen LogP contribution < -0.4 is 0 Å². The Hall–Kier alpha value is -0.790. The minimum absolute atomic E-state index is 0.00704. The standard InChI is InChI=1S/C25H48O2/c1-4-7-10-12-14-15-17-19-21-24(20-18-16-13-11-8-5-2)23-25(26)27-22-9-6-3/h6,24H,3-5,7-23H2,1-2H3. The lowest BCUT2D eigenvalue weighted by molar-refractivity contribution is -0.144. The van der Waals surface area contributed by atoms with E-state index >= 15 is 0 Å². The largest absolute Gasteiger partial charge is 0.465 e. The monoisotopic (exact) mass is 380 g/mol. The van der Waals surface area contributed by atoms with E-state index in [2.05, 4.69) is 20.4 Å². The number of ether oxygens (including phenoxy) is 1. The molecule has 0 amide bonds. The van der Waals surface area contributed by atoms with Crippen LogP contribution >= 0.6 is 0 Å². The summed E-state index contributed by atoms with van der Waals surface area (Å²) in [6.45, 7) is 8.70. The molecule has 0 aliphatic carbocycles. The molecular formula is C25H48O2. The highest BCUT2D eigenvalue weighted by Crippen LogP contribution is 2.23. The first-order chi connectivity index (χ1) is 13.2. The summed E-state index contributed by atoms with van der Waals surface area (Å²) in [7, 11) is 0. The van der Waals surface area contributed by atoms with Crippen LogP contribution in [0.25, 0.3) is 0 Å². The third-order valence-corrected chi connectivity index (χ3v) is 5.47. The summed E-state index contributed by atoms with van der Waals surface area (Å²) in [6, 6.07) is 0. The molecule has 0 fully saturated rings. The number of esters is 1. The van der Waals surface area contributed by atoms with Gasteiger partial charge in [-0.15, -0.1) is 6.58 Å². The lowest BCUT2D eigenvalue weighted by atomic mass is 9.91. The highest BCUT2D eigenvalue weighted by molar-refractivity contribution is 5.69. The molecule has 0 aliphatic heterocycles. The Bertz CT molecular complexity index is 324. The zero-order valence-electron chi connectivity index (χ0n) is 18.6. The van der Waals surface area contributed by atoms with Crippen molar-refractivity contribution >= 4 is 5.97 Å². The summed E-state index contributed by atoms with van der Waals surface area (Å²) in [4.78, 5) is 12.1. The van der Waals surface area contributed by atoms with E-state index in [0.717, 1.165) is 6.42 Å². The molecule has 0 radical (unpaired) electrons. The molecule has 1 atom stereocenters. The Balaban J connectivity index is 3.96. The van der Waals surface area contributed by atoms with Gasteiger partial charge < -0.3 is 4.74 Å². The van der Waals surface area contributed by atoms with Gasteiger partial charge in [0.15, 0.2) is 0 Å². The molecule has 0 aromatic carbocycles. The van der Waals surface area contributed by atoms with E-state index in [-0.39, 0.29) is 5.97 Å². The molecular weight excluding hydrogens is 332 g/mol. The second-order valence-electron chi connectivity index (χ2n) is 8.19. The van der Waals surface area contributed by atoms with Crippen LogP contribution in [0.5, 0.6) is 0 Å². The topological polar surface area (TPSA) is 26.3 Å². The van der Waals surface area contributed by atoms with Crippen molar-refractivity contribution in [3.8, 4) is 0 Å². The molecule has 0 saturated carbocycles. The summed E-state index contributed by atoms with van der Waals surface area (Å²) in [6.07, 6.45) is 24.4. The van der Waals surface area contributed by atoms with Crippen LogP contribution in [-0.2, 0) is 9.53 Å². The SMILES string of the molecule is C=CCCOC(=O)CC(CCCCCCCC)CCCCCCCCCC. The second-order valence-corrected chi connectivity index (χ2v) is 8.19. The van der Waals surface area contributed by atoms with E-state index in [0.29, 0.717) is 18.9 Å². The smallest absolute Gasteiger partial charge is 0.306 e. The van der Waals surface area contributed by atoms with Crippen LogP contribution in [0.4, 0.5) is 0 Å². The minimum atomic E-state index is -0.00704. The highest BCUT2D eigenvalue weighted by Gasteiger charge is 2.14. The Morgan fingerprint density at radius 3 is 1.67 bits per heavy atom. The van der Waals surface area contributed by atoms with Gasteiger partial charge in [0.05, 0.1) is 6.61 Å². The van der Waals surface area contributed by atoms with Gasteiger partial charge in [-0.2, -0.15) is 0 Å². The Morgan fingerprint density at radius 2 is 1.22 bits per heavy atom. The minimum Gasteiger partial charge on any atom is -0.465 e. The average Bonchev–Trinajstić information content (AvgIpc) is 2.66. The van der Waals surface area contributed by atoms with Gasteiger partial charge in [0.1, 0.15) is 0 Å². The van der Waals surface area contributed by atoms with Crippen molar-refractivity contribution in [3.63, 3.8) is 0 Å². The van der Waals surface area contributed by atoms with Crippen LogP contribution in [0.3, 0.4) is 0 Å². The van der Waals surface area contributed by atoms with Gasteiger partial charge in [0, 0.05) is 6.42 Å². The number of carbonyl (C=O) groups is 1. The van der Waals surface area contributed by atoms with Gasteiger partial charge in [-0.05, 0) is 25.2 Å². The summed E-state index contributed by atoms with van der Waals surface area (Å²) in [5, 5.41) is 0. The molecule has 0 aliphatic rings. The van der Waals surface area contributed by atoms with E-state index in [1.807, 2.05) is 6.08 Å². The number of unbranched alkanes of at least 4 members (excludes halogenated alkanes) is 12. The Labute approximate surface area is 170 Å². The predicted molar refractivity (Wildman–Crippen MR) is 119 cm³/mol. The quantitative estimate of drug-likeness (QED) is 0.113. The van der Waals surface area contributed by atoms with Crippen LogP contribution in [0.2, 0.25) is 0 Å². The third-order valence-electron chi connectivity index (χ3n) is 5.47. The molecule has 0 saturated heterocycles. The molecule has 160 valence electrons. The molecule has 0 spiro atoms. The van der Waals surface area contributed by atoms with Crippen LogP contribution in [0, 0.1) is 5.92 Å². The maximum atomic E-state index is 12.1. The normalized spacial score (nSPS) is 12.1. The molecule has 0 aromatic heterocycles. The van der Waals surface area contributed by atoms with Gasteiger partial charge >= 0.3 is 5.97 Å². The van der Waals surface area contributed by atoms with Crippen molar-refractivity contribution in [2.24, 2.45) is 5.92 Å². The Morgan fingerprint density at radius 1 is 0.778 bits per heavy atom. The lowest BCUT2D eigenvalue weighted by Crippen LogP contribution is -2.12. The van der Waals surface area contributed by atoms with Gasteiger partial charge in [-0.1, -0.05) is 110 Å². The third kappa shape index (κ3) is 19.8. The number of rotatable bonds is 21. The van der Waals surface area contributed by atoms with Crippen LogP contribution in [0.1, 0.15) is 129 Å². The summed E-state index contributed by atoms with van der Waals surface area (Å²) in [5.74, 6) is 0.514. The van der Waals surface area contributed by atoms with Crippen molar-refractivity contribution in [1.29, 1.82) is 0 Å². The first-order valence-electron chi connectivity index (χ1n) is 12.0. The van der Waals surface area contributed by atoms with Gasteiger partial charge in [0.25, 0.3) is 0 Å². The number of carbonyl (C=O) groups excluding carboxylic acids is 1. The molecule has 0 aromatic rings. The first kappa shape index (κ1) is 26.2. The first-order valence-corrected chi connectivity index (χ1v) is 12.0. The van der Waals surface area contributed by atoms with E-state index in [1.54, 1.807) is 0 Å². The maximum absolute atomic E-state index is 12.1. The molecule has 27 heavy (non-hydrogen) atoms. The second kappa shape index (κ2) is 21.5. The summed E-state index contributed by atoms with van der Waals surface area (Å²) >= 11 is 0. The highest BCUT2D eigenvalue weighted by atomic mass is 16.5. The lowest BCUT2D eigenvalue weighted by Gasteiger charge is -2.16. The van der Waals surface area contributed by atoms with Gasteiger partial charge in [0.2, 0.25) is 0 Å². The van der Waals surface area contributed by atoms with E-state index in [4.69, 9.17) is 4.74 Å². The van der Waals surface area contributed by atoms with Gasteiger partial charge in [-0.25, -0.2) is 0 Å². The average molecular weight is 381 g/mol. The molecule has 0 N–H and O–H groups in total. The van der Waals surface area contributed by atoms with Crippen molar-refractivity contribution in [2.75, 3.05) is 6.61 Å². The fraction of sp³-hybridized carbons (Fsp3) is 0.880. The number of hydrogen-bond acceptors (Lipinski definition) is 2. The fourth-order valence-corrected chi connectivity index (χ4v) is 3.68. The van der Waals surface area contributed by atoms with Crippen LogP contribution in [-0.4, -0.2) is 12.6 Å². The Kier molecular flexibility index (Phi) is 20.9. The predicted octanol–water partition coefficient (Wildman–Crippen LogP) is 8.39. The molecule has 0 bridgehead atoms. The van der Waals surface area contributed by atoms with Crippen molar-refractivity contribution < 1.29 is 9.53 Å². The number of hydrogen-bond donors (Lipinski definition) is 0. The fourth-order valence-electron chi connectivity index (χ4n) is 3.68. The van der Waals surface area contributed by atoms with E-state index in [9.17, 15) is 4.79 Å². The van der Waals surface area contributed by atoms with E-state index < -0.39 is 0 Å². The molecule has 1 unspecified atom stereocenters. The summed E-state index contributed by atoms with van der Waals surface area (Å²) in [5.41, 5.74) is 0. The van der Waals surface area contributed by atoms with Gasteiger partial charge in [-0.3, -0.25) is 4.79 Å². The zero-order chi connectivity index (χ0) is 20.0. The molecule has 0 rings (SSSR count). The summed E-state index contributed by atoms with van der Waals surface area (Å²) < 4.78 is 5.34. The molecule has 2 nitrogen and oxygen atoms in total. The van der Waals surface area contributed by atoms with Crippen molar-refractivity contribution in [1.82, 2.24) is 0 Å². The van der Waals surface area contributed by atoms with Crippen LogP contribution in [0.15, 0.2) is 12.7 Å². The maximum Gasteiger partial charge on any atom is 0.306 e. The van der Waals surface area contributed by atoms with Crippen molar-refractivity contribution in [2.45, 2.75) is 129 Å².